The maximum absolute atomic E-state index is 11.5. The van der Waals surface area contributed by atoms with Gasteiger partial charge in [0.2, 0.25) is 0 Å². The largest absolute Gasteiger partial charge is 0.469 e. The van der Waals surface area contributed by atoms with Crippen LogP contribution in [0.2, 0.25) is 0 Å². The molecule has 2 rings (SSSR count). The third-order valence-electron chi connectivity index (χ3n) is 2.67. The van der Waals surface area contributed by atoms with Crippen LogP contribution in [0.1, 0.15) is 36.1 Å². The summed E-state index contributed by atoms with van der Waals surface area (Å²) in [5, 5.41) is 0. The molecule has 0 aliphatic heterocycles. The smallest absolute Gasteiger partial charge is 0.358 e. The van der Waals surface area contributed by atoms with E-state index in [1.165, 1.54) is 0 Å². The fraction of sp³-hybridized carbons (Fsp3) is 0.385. The Kier molecular flexibility index (Phi) is 3.82. The lowest BCUT2D eigenvalue weighted by molar-refractivity contribution is 0.0520. The number of esters is 1. The molecule has 0 saturated heterocycles. The van der Waals surface area contributed by atoms with Gasteiger partial charge in [-0.25, -0.2) is 9.78 Å². The summed E-state index contributed by atoms with van der Waals surface area (Å²) < 4.78 is 12.1. The molecular formula is C13H16N2O3. The van der Waals surface area contributed by atoms with Gasteiger partial charge in [0.25, 0.3) is 0 Å². The van der Waals surface area contributed by atoms with Gasteiger partial charge in [-0.2, -0.15) is 0 Å². The highest BCUT2D eigenvalue weighted by Gasteiger charge is 2.13. The summed E-state index contributed by atoms with van der Waals surface area (Å²) in [6.45, 7) is 4.17. The molecule has 2 heterocycles. The number of furan rings is 1. The van der Waals surface area contributed by atoms with E-state index in [1.807, 2.05) is 23.6 Å². The summed E-state index contributed by atoms with van der Waals surface area (Å²) in [7, 11) is 0. The number of nitrogens with zero attached hydrogens (tertiary/aromatic N) is 2. The highest BCUT2D eigenvalue weighted by atomic mass is 16.5. The summed E-state index contributed by atoms with van der Waals surface area (Å²) in [5.41, 5.74) is 0.336. The maximum Gasteiger partial charge on any atom is 0.358 e. The van der Waals surface area contributed by atoms with Gasteiger partial charge in [0.1, 0.15) is 5.76 Å². The average molecular weight is 248 g/mol. The molecule has 96 valence electrons. The van der Waals surface area contributed by atoms with Crippen molar-refractivity contribution in [2.75, 3.05) is 6.61 Å². The standard InChI is InChI=1S/C13H16N2O3/c1-3-17-13(16)12-8-15(9-14-12)10(2)7-11-5-4-6-18-11/h4-6,8-10H,3,7H2,1-2H3. The number of rotatable bonds is 5. The molecule has 0 bridgehead atoms. The van der Waals surface area contributed by atoms with Gasteiger partial charge in [-0.05, 0) is 26.0 Å². The number of carbonyl (C=O) groups is 1. The number of ether oxygens (including phenoxy) is 1. The molecule has 5 heteroatoms. The van der Waals surface area contributed by atoms with Crippen molar-refractivity contribution in [2.45, 2.75) is 26.3 Å². The monoisotopic (exact) mass is 248 g/mol. The number of hydrogen-bond donors (Lipinski definition) is 0. The molecule has 1 unspecified atom stereocenters. The minimum absolute atomic E-state index is 0.173. The van der Waals surface area contributed by atoms with Crippen LogP contribution in [-0.2, 0) is 11.2 Å². The molecule has 0 aromatic carbocycles. The molecule has 0 aliphatic rings. The molecule has 0 aliphatic carbocycles. The maximum atomic E-state index is 11.5. The molecule has 18 heavy (non-hydrogen) atoms. The summed E-state index contributed by atoms with van der Waals surface area (Å²) in [5.74, 6) is 0.523. The molecule has 0 radical (unpaired) electrons. The van der Waals surface area contributed by atoms with Crippen LogP contribution in [0, 0.1) is 0 Å². The predicted octanol–water partition coefficient (Wildman–Crippen LogP) is 2.46. The second-order valence-electron chi connectivity index (χ2n) is 4.06. The van der Waals surface area contributed by atoms with Crippen molar-refractivity contribution in [1.29, 1.82) is 0 Å². The molecule has 0 amide bonds. The first kappa shape index (κ1) is 12.4. The zero-order valence-corrected chi connectivity index (χ0v) is 10.5. The molecule has 5 nitrogen and oxygen atoms in total. The minimum Gasteiger partial charge on any atom is -0.469 e. The van der Waals surface area contributed by atoms with Crippen LogP contribution < -0.4 is 0 Å². The van der Waals surface area contributed by atoms with Crippen LogP contribution in [-0.4, -0.2) is 22.1 Å². The van der Waals surface area contributed by atoms with Gasteiger partial charge in [0, 0.05) is 18.7 Å². The van der Waals surface area contributed by atoms with Gasteiger partial charge in [0.15, 0.2) is 5.69 Å². The summed E-state index contributed by atoms with van der Waals surface area (Å²) in [6, 6.07) is 3.96. The fourth-order valence-corrected chi connectivity index (χ4v) is 1.71. The van der Waals surface area contributed by atoms with Crippen LogP contribution in [0.3, 0.4) is 0 Å². The molecule has 2 aromatic heterocycles. The highest BCUT2D eigenvalue weighted by Crippen LogP contribution is 2.15. The van der Waals surface area contributed by atoms with Crippen molar-refractivity contribution in [3.05, 3.63) is 42.4 Å². The molecule has 0 N–H and O–H groups in total. The number of hydrogen-bond acceptors (Lipinski definition) is 4. The molecule has 2 aromatic rings. The van der Waals surface area contributed by atoms with Crippen LogP contribution in [0.15, 0.2) is 35.3 Å². The minimum atomic E-state index is -0.388. The molecule has 0 spiro atoms. The first-order valence-corrected chi connectivity index (χ1v) is 5.93. The van der Waals surface area contributed by atoms with Gasteiger partial charge in [-0.1, -0.05) is 0 Å². The van der Waals surface area contributed by atoms with Gasteiger partial charge >= 0.3 is 5.97 Å². The van der Waals surface area contributed by atoms with Crippen molar-refractivity contribution in [2.24, 2.45) is 0 Å². The predicted molar refractivity (Wildman–Crippen MR) is 65.3 cm³/mol. The van der Waals surface area contributed by atoms with E-state index in [2.05, 4.69) is 4.98 Å². The number of aromatic nitrogens is 2. The van der Waals surface area contributed by atoms with E-state index in [9.17, 15) is 4.79 Å². The second kappa shape index (κ2) is 5.53. The summed E-state index contributed by atoms with van der Waals surface area (Å²) in [6.07, 6.45) is 5.75. The van der Waals surface area contributed by atoms with Crippen LogP contribution in [0.25, 0.3) is 0 Å². The van der Waals surface area contributed by atoms with Crippen molar-refractivity contribution < 1.29 is 13.9 Å². The van der Waals surface area contributed by atoms with Crippen molar-refractivity contribution >= 4 is 5.97 Å². The Morgan fingerprint density at radius 1 is 1.61 bits per heavy atom. The van der Waals surface area contributed by atoms with E-state index in [4.69, 9.17) is 9.15 Å². The summed E-state index contributed by atoms with van der Waals surface area (Å²) in [4.78, 5) is 15.5. The Morgan fingerprint density at radius 3 is 3.11 bits per heavy atom. The van der Waals surface area contributed by atoms with Gasteiger partial charge < -0.3 is 13.7 Å². The van der Waals surface area contributed by atoms with Crippen LogP contribution >= 0.6 is 0 Å². The normalized spacial score (nSPS) is 12.3. The van der Waals surface area contributed by atoms with Crippen LogP contribution in [0.4, 0.5) is 0 Å². The van der Waals surface area contributed by atoms with E-state index in [0.29, 0.717) is 12.3 Å². The van der Waals surface area contributed by atoms with Gasteiger partial charge in [-0.15, -0.1) is 0 Å². The lowest BCUT2D eigenvalue weighted by Crippen LogP contribution is -2.07. The van der Waals surface area contributed by atoms with E-state index in [1.54, 1.807) is 25.7 Å². The third-order valence-corrected chi connectivity index (χ3v) is 2.67. The zero-order chi connectivity index (χ0) is 13.0. The molecule has 0 fully saturated rings. The number of carbonyl (C=O) groups excluding carboxylic acids is 1. The average Bonchev–Trinajstić information content (AvgIpc) is 2.99. The van der Waals surface area contributed by atoms with E-state index in [0.717, 1.165) is 12.2 Å². The topological polar surface area (TPSA) is 57.3 Å². The first-order chi connectivity index (χ1) is 8.70. The van der Waals surface area contributed by atoms with E-state index < -0.39 is 0 Å². The Morgan fingerprint density at radius 2 is 2.44 bits per heavy atom. The molecule has 1 atom stereocenters. The lowest BCUT2D eigenvalue weighted by atomic mass is 10.2. The van der Waals surface area contributed by atoms with Crippen molar-refractivity contribution in [3.8, 4) is 0 Å². The highest BCUT2D eigenvalue weighted by molar-refractivity contribution is 5.86. The number of imidazole rings is 1. The SMILES string of the molecule is CCOC(=O)c1cn(C(C)Cc2ccco2)cn1. The van der Waals surface area contributed by atoms with Gasteiger partial charge in [0.05, 0.1) is 19.2 Å². The van der Waals surface area contributed by atoms with E-state index >= 15 is 0 Å². The Labute approximate surface area is 105 Å². The third kappa shape index (κ3) is 2.80. The van der Waals surface area contributed by atoms with Gasteiger partial charge in [-0.3, -0.25) is 0 Å². The molecular weight excluding hydrogens is 232 g/mol. The Balaban J connectivity index is 2.03. The Bertz CT molecular complexity index is 502. The fourth-order valence-electron chi connectivity index (χ4n) is 1.71. The first-order valence-electron chi connectivity index (χ1n) is 5.93. The van der Waals surface area contributed by atoms with Crippen molar-refractivity contribution in [3.63, 3.8) is 0 Å². The quantitative estimate of drug-likeness (QED) is 0.763. The molecule has 0 saturated carbocycles. The second-order valence-corrected chi connectivity index (χ2v) is 4.06. The Hall–Kier alpha value is -2.04. The van der Waals surface area contributed by atoms with Crippen LogP contribution in [0.5, 0.6) is 0 Å². The van der Waals surface area contributed by atoms with Crippen molar-refractivity contribution in [1.82, 2.24) is 9.55 Å². The lowest BCUT2D eigenvalue weighted by Gasteiger charge is -2.10. The summed E-state index contributed by atoms with van der Waals surface area (Å²) >= 11 is 0. The van der Waals surface area contributed by atoms with E-state index in [-0.39, 0.29) is 12.0 Å². The zero-order valence-electron chi connectivity index (χ0n) is 10.5.